The number of nitrogens with one attached hydrogen (secondary N) is 1. The van der Waals surface area contributed by atoms with E-state index in [1.54, 1.807) is 0 Å². The van der Waals surface area contributed by atoms with Crippen molar-refractivity contribution in [3.63, 3.8) is 0 Å². The molecule has 0 radical (unpaired) electrons. The molecule has 0 aromatic heterocycles. The fourth-order valence-corrected chi connectivity index (χ4v) is 2.10. The van der Waals surface area contributed by atoms with Crippen molar-refractivity contribution in [2.75, 3.05) is 13.7 Å². The van der Waals surface area contributed by atoms with Crippen LogP contribution in [0, 0.1) is 0 Å². The van der Waals surface area contributed by atoms with E-state index in [2.05, 4.69) is 10.1 Å². The first-order chi connectivity index (χ1) is 9.60. The number of hydrogen-bond acceptors (Lipinski definition) is 4. The van der Waals surface area contributed by atoms with Gasteiger partial charge in [0.2, 0.25) is 11.8 Å². The van der Waals surface area contributed by atoms with Crippen molar-refractivity contribution in [3.05, 3.63) is 35.9 Å². The average molecular weight is 276 g/mol. The fraction of sp³-hybridized carbons (Fsp3) is 0.357. The second-order valence-electron chi connectivity index (χ2n) is 4.58. The van der Waals surface area contributed by atoms with Gasteiger partial charge in [-0.2, -0.15) is 0 Å². The maximum absolute atomic E-state index is 12.2. The lowest BCUT2D eigenvalue weighted by Crippen LogP contribution is -2.58. The molecule has 1 aromatic rings. The topological polar surface area (TPSA) is 75.7 Å². The number of methoxy groups -OCH3 is 1. The second kappa shape index (κ2) is 6.18. The normalized spacial score (nSPS) is 18.6. The average Bonchev–Trinajstić information content (AvgIpc) is 2.45. The first-order valence-corrected chi connectivity index (χ1v) is 6.29. The zero-order chi connectivity index (χ0) is 14.5. The molecule has 1 aliphatic heterocycles. The van der Waals surface area contributed by atoms with E-state index >= 15 is 0 Å². The number of ether oxygens (including phenoxy) is 1. The van der Waals surface area contributed by atoms with E-state index in [-0.39, 0.29) is 24.8 Å². The van der Waals surface area contributed by atoms with Gasteiger partial charge >= 0.3 is 5.97 Å². The minimum atomic E-state index is -0.840. The molecular weight excluding hydrogens is 260 g/mol. The standard InChI is InChI=1S/C14H16N2O4/c1-20-13(18)7-11-14(19)16(9-12(17)15-11)8-10-5-3-2-4-6-10/h2-6,11H,7-9H2,1H3,(H,15,17). The Hall–Kier alpha value is -2.37. The number of nitrogens with zero attached hydrogens (tertiary/aromatic N) is 1. The fourth-order valence-electron chi connectivity index (χ4n) is 2.10. The van der Waals surface area contributed by atoms with E-state index in [9.17, 15) is 14.4 Å². The maximum atomic E-state index is 12.2. The Morgan fingerprint density at radius 1 is 1.35 bits per heavy atom. The molecule has 1 aliphatic rings. The van der Waals surface area contributed by atoms with E-state index in [4.69, 9.17) is 0 Å². The van der Waals surface area contributed by atoms with E-state index in [0.717, 1.165) is 5.56 Å². The Morgan fingerprint density at radius 2 is 2.05 bits per heavy atom. The van der Waals surface area contributed by atoms with Crippen molar-refractivity contribution in [1.82, 2.24) is 10.2 Å². The van der Waals surface area contributed by atoms with E-state index < -0.39 is 12.0 Å². The lowest BCUT2D eigenvalue weighted by atomic mass is 10.1. The van der Waals surface area contributed by atoms with Crippen LogP contribution in [0.4, 0.5) is 0 Å². The summed E-state index contributed by atoms with van der Waals surface area (Å²) < 4.78 is 4.53. The highest BCUT2D eigenvalue weighted by Crippen LogP contribution is 2.11. The van der Waals surface area contributed by atoms with Crippen molar-refractivity contribution in [3.8, 4) is 0 Å². The number of rotatable bonds is 4. The van der Waals surface area contributed by atoms with Crippen LogP contribution in [0.5, 0.6) is 0 Å². The van der Waals surface area contributed by atoms with Gasteiger partial charge in [0, 0.05) is 6.54 Å². The lowest BCUT2D eigenvalue weighted by molar-refractivity contribution is -0.150. The number of carbonyl (C=O) groups excluding carboxylic acids is 3. The van der Waals surface area contributed by atoms with Crippen LogP contribution in [0.15, 0.2) is 30.3 Å². The summed E-state index contributed by atoms with van der Waals surface area (Å²) in [5.41, 5.74) is 0.937. The van der Waals surface area contributed by atoms with Gasteiger partial charge in [-0.1, -0.05) is 30.3 Å². The Labute approximate surface area is 116 Å². The van der Waals surface area contributed by atoms with Gasteiger partial charge in [0.15, 0.2) is 0 Å². The summed E-state index contributed by atoms with van der Waals surface area (Å²) in [6, 6.07) is 8.55. The third-order valence-electron chi connectivity index (χ3n) is 3.09. The van der Waals surface area contributed by atoms with Gasteiger partial charge in [0.25, 0.3) is 0 Å². The van der Waals surface area contributed by atoms with Crippen LogP contribution < -0.4 is 5.32 Å². The predicted octanol–water partition coefficient (Wildman–Crippen LogP) is 0.0767. The van der Waals surface area contributed by atoms with Crippen LogP contribution in [-0.2, 0) is 25.7 Å². The minimum Gasteiger partial charge on any atom is -0.469 e. The summed E-state index contributed by atoms with van der Waals surface area (Å²) in [5.74, 6) is -1.06. The van der Waals surface area contributed by atoms with Crippen LogP contribution in [0.1, 0.15) is 12.0 Å². The van der Waals surface area contributed by atoms with Gasteiger partial charge in [0.05, 0.1) is 20.1 Å². The van der Waals surface area contributed by atoms with Gasteiger partial charge in [-0.25, -0.2) is 0 Å². The van der Waals surface area contributed by atoms with Crippen molar-refractivity contribution in [2.24, 2.45) is 0 Å². The predicted molar refractivity (Wildman–Crippen MR) is 70.4 cm³/mol. The SMILES string of the molecule is COC(=O)CC1NC(=O)CN(Cc2ccccc2)C1=O. The lowest BCUT2D eigenvalue weighted by Gasteiger charge is -2.32. The summed E-state index contributed by atoms with van der Waals surface area (Å²) in [6.07, 6.45) is -0.146. The van der Waals surface area contributed by atoms with E-state index in [1.807, 2.05) is 30.3 Å². The van der Waals surface area contributed by atoms with E-state index in [0.29, 0.717) is 6.54 Å². The van der Waals surface area contributed by atoms with Crippen LogP contribution in [0.25, 0.3) is 0 Å². The van der Waals surface area contributed by atoms with Crippen LogP contribution in [0.2, 0.25) is 0 Å². The molecule has 1 saturated heterocycles. The minimum absolute atomic E-state index is 0.00536. The largest absolute Gasteiger partial charge is 0.469 e. The third kappa shape index (κ3) is 3.34. The zero-order valence-corrected chi connectivity index (χ0v) is 11.2. The zero-order valence-electron chi connectivity index (χ0n) is 11.2. The summed E-state index contributed by atoms with van der Waals surface area (Å²) in [7, 11) is 1.25. The molecule has 1 fully saturated rings. The smallest absolute Gasteiger partial charge is 0.308 e. The van der Waals surface area contributed by atoms with Gasteiger partial charge in [0.1, 0.15) is 6.04 Å². The number of piperazine rings is 1. The Morgan fingerprint density at radius 3 is 2.70 bits per heavy atom. The van der Waals surface area contributed by atoms with Crippen molar-refractivity contribution < 1.29 is 19.1 Å². The Balaban J connectivity index is 2.07. The molecule has 1 unspecified atom stereocenters. The number of hydrogen-bond donors (Lipinski definition) is 1. The van der Waals surface area contributed by atoms with Gasteiger partial charge < -0.3 is 15.0 Å². The molecule has 6 nitrogen and oxygen atoms in total. The molecule has 0 bridgehead atoms. The number of esters is 1. The molecule has 20 heavy (non-hydrogen) atoms. The third-order valence-corrected chi connectivity index (χ3v) is 3.09. The highest BCUT2D eigenvalue weighted by molar-refractivity contribution is 5.96. The first-order valence-electron chi connectivity index (χ1n) is 6.29. The van der Waals surface area contributed by atoms with Crippen molar-refractivity contribution in [2.45, 2.75) is 19.0 Å². The Bertz CT molecular complexity index is 515. The van der Waals surface area contributed by atoms with Gasteiger partial charge in [-0.05, 0) is 5.56 Å². The van der Waals surface area contributed by atoms with Gasteiger partial charge in [-0.15, -0.1) is 0 Å². The molecule has 1 atom stereocenters. The van der Waals surface area contributed by atoms with Crippen molar-refractivity contribution >= 4 is 17.8 Å². The molecule has 106 valence electrons. The summed E-state index contributed by atoms with van der Waals surface area (Å²) in [5, 5.41) is 2.52. The number of carbonyl (C=O) groups is 3. The van der Waals surface area contributed by atoms with Gasteiger partial charge in [-0.3, -0.25) is 14.4 Å². The van der Waals surface area contributed by atoms with Crippen LogP contribution in [0.3, 0.4) is 0 Å². The molecule has 1 aromatic carbocycles. The molecule has 0 saturated carbocycles. The van der Waals surface area contributed by atoms with E-state index in [1.165, 1.54) is 12.0 Å². The molecule has 1 N–H and O–H groups in total. The van der Waals surface area contributed by atoms with Crippen LogP contribution in [-0.4, -0.2) is 42.4 Å². The molecule has 0 aliphatic carbocycles. The highest BCUT2D eigenvalue weighted by Gasteiger charge is 2.34. The molecular formula is C14H16N2O4. The molecule has 2 rings (SSSR count). The summed E-state index contributed by atoms with van der Waals surface area (Å²) in [6.45, 7) is 0.357. The Kier molecular flexibility index (Phi) is 4.34. The summed E-state index contributed by atoms with van der Waals surface area (Å²) >= 11 is 0. The number of benzene rings is 1. The number of amides is 2. The summed E-state index contributed by atoms with van der Waals surface area (Å²) in [4.78, 5) is 36.6. The highest BCUT2D eigenvalue weighted by atomic mass is 16.5. The molecule has 0 spiro atoms. The molecule has 6 heteroatoms. The monoisotopic (exact) mass is 276 g/mol. The molecule has 1 heterocycles. The second-order valence-corrected chi connectivity index (χ2v) is 4.58. The first kappa shape index (κ1) is 14.0. The quantitative estimate of drug-likeness (QED) is 0.790. The van der Waals surface area contributed by atoms with Crippen molar-refractivity contribution in [1.29, 1.82) is 0 Å². The maximum Gasteiger partial charge on any atom is 0.308 e. The van der Waals surface area contributed by atoms with Crippen LogP contribution >= 0.6 is 0 Å². The molecule has 2 amide bonds.